The van der Waals surface area contributed by atoms with Crippen LogP contribution in [0.1, 0.15) is 30.7 Å². The maximum Gasteiger partial charge on any atom is 0.00916 e. The van der Waals surface area contributed by atoms with E-state index in [2.05, 4.69) is 48.8 Å². The van der Waals surface area contributed by atoms with Gasteiger partial charge in [0.1, 0.15) is 0 Å². The quantitative estimate of drug-likeness (QED) is 0.640. The van der Waals surface area contributed by atoms with Gasteiger partial charge in [-0.1, -0.05) is 30.3 Å². The van der Waals surface area contributed by atoms with Gasteiger partial charge in [0, 0.05) is 5.92 Å². The van der Waals surface area contributed by atoms with E-state index < -0.39 is 0 Å². The lowest BCUT2D eigenvalue weighted by molar-refractivity contribution is 0.649. The van der Waals surface area contributed by atoms with Gasteiger partial charge in [0.15, 0.2) is 0 Å². The highest BCUT2D eigenvalue weighted by Crippen LogP contribution is 2.36. The normalized spacial score (nSPS) is 21.9. The summed E-state index contributed by atoms with van der Waals surface area (Å²) >= 11 is 0. The molecule has 1 aliphatic rings. The Labute approximate surface area is 90.6 Å². The van der Waals surface area contributed by atoms with Gasteiger partial charge in [-0.3, -0.25) is 0 Å². The van der Waals surface area contributed by atoms with E-state index in [-0.39, 0.29) is 0 Å². The highest BCUT2D eigenvalue weighted by atomic mass is 31.0. The minimum absolute atomic E-state index is 0.627. The Kier molecular flexibility index (Phi) is 3.37. The van der Waals surface area contributed by atoms with Gasteiger partial charge in [-0.05, 0) is 35.4 Å². The Morgan fingerprint density at radius 3 is 2.64 bits per heavy atom. The average Bonchev–Trinajstić information content (AvgIpc) is 2.20. The van der Waals surface area contributed by atoms with E-state index in [0.717, 1.165) is 0 Å². The molecular formula is C12H16P2. The summed E-state index contributed by atoms with van der Waals surface area (Å²) in [6.07, 6.45) is 6.21. The van der Waals surface area contributed by atoms with Crippen molar-refractivity contribution in [2.75, 3.05) is 0 Å². The molecule has 0 spiro atoms. The van der Waals surface area contributed by atoms with Crippen LogP contribution in [0, 0.1) is 0 Å². The zero-order chi connectivity index (χ0) is 9.97. The lowest BCUT2D eigenvalue weighted by Crippen LogP contribution is -2.10. The fourth-order valence-corrected chi connectivity index (χ4v) is 2.98. The number of hydrogen-bond acceptors (Lipinski definition) is 0. The van der Waals surface area contributed by atoms with Crippen LogP contribution in [0.4, 0.5) is 0 Å². The maximum absolute atomic E-state index is 2.89. The molecule has 0 nitrogen and oxygen atoms in total. The van der Waals surface area contributed by atoms with Gasteiger partial charge < -0.3 is 0 Å². The predicted octanol–water partition coefficient (Wildman–Crippen LogP) is 3.21. The third-order valence-corrected chi connectivity index (χ3v) is 4.01. The van der Waals surface area contributed by atoms with E-state index in [1.165, 1.54) is 35.4 Å². The van der Waals surface area contributed by atoms with Gasteiger partial charge in [-0.2, -0.15) is 0 Å². The summed E-state index contributed by atoms with van der Waals surface area (Å²) in [5.41, 5.74) is 1.47. The molecule has 0 fully saturated rings. The first kappa shape index (κ1) is 10.3. The molecule has 0 saturated heterocycles. The topological polar surface area (TPSA) is 0 Å². The summed E-state index contributed by atoms with van der Waals surface area (Å²) in [6.45, 7) is 0. The smallest absolute Gasteiger partial charge is 0.00916 e. The Bertz CT molecular complexity index is 355. The van der Waals surface area contributed by atoms with Crippen molar-refractivity contribution in [2.45, 2.75) is 25.2 Å². The molecule has 2 unspecified atom stereocenters. The molecule has 0 saturated carbocycles. The van der Waals surface area contributed by atoms with E-state index in [1.54, 1.807) is 0 Å². The van der Waals surface area contributed by atoms with Crippen molar-refractivity contribution in [3.05, 3.63) is 41.2 Å². The first-order chi connectivity index (χ1) is 6.79. The molecule has 14 heavy (non-hydrogen) atoms. The first-order valence-corrected chi connectivity index (χ1v) is 6.24. The van der Waals surface area contributed by atoms with E-state index in [1.807, 2.05) is 0 Å². The SMILES string of the molecule is PC1=CCCC[C@H]1c1ccccc1P. The van der Waals surface area contributed by atoms with Crippen LogP contribution in [0.3, 0.4) is 0 Å². The molecule has 2 rings (SSSR count). The minimum atomic E-state index is 0.627. The molecule has 0 amide bonds. The van der Waals surface area contributed by atoms with Crippen molar-refractivity contribution in [3.63, 3.8) is 0 Å². The molecule has 0 aromatic heterocycles. The molecular weight excluding hydrogens is 206 g/mol. The summed E-state index contributed by atoms with van der Waals surface area (Å²) < 4.78 is 0. The number of benzene rings is 1. The lowest BCUT2D eigenvalue weighted by atomic mass is 9.89. The summed E-state index contributed by atoms with van der Waals surface area (Å²) in [5.74, 6) is 0.627. The van der Waals surface area contributed by atoms with Crippen molar-refractivity contribution in [1.82, 2.24) is 0 Å². The average molecular weight is 222 g/mol. The molecule has 0 aliphatic heterocycles. The van der Waals surface area contributed by atoms with Crippen LogP contribution in [-0.4, -0.2) is 0 Å². The second kappa shape index (κ2) is 4.56. The van der Waals surface area contributed by atoms with Crippen LogP contribution in [0.5, 0.6) is 0 Å². The standard InChI is InChI=1S/C12H16P2/c13-11-7-3-1-5-9(11)10-6-2-4-8-12(10)14/h1,3,5,7-8,10H,2,4,6,13-14H2/t10-/m0/s1. The summed E-state index contributed by atoms with van der Waals surface area (Å²) in [4.78, 5) is 0. The summed E-state index contributed by atoms with van der Waals surface area (Å²) in [6, 6.07) is 8.65. The largest absolute Gasteiger partial charge is 0.110 e. The van der Waals surface area contributed by atoms with Gasteiger partial charge in [0.25, 0.3) is 0 Å². The Morgan fingerprint density at radius 1 is 1.14 bits per heavy atom. The second-order valence-electron chi connectivity index (χ2n) is 3.82. The van der Waals surface area contributed by atoms with E-state index in [4.69, 9.17) is 0 Å². The number of hydrogen-bond donors (Lipinski definition) is 0. The molecule has 0 heterocycles. The Hall–Kier alpha value is -0.180. The molecule has 0 N–H and O–H groups in total. The van der Waals surface area contributed by atoms with Crippen LogP contribution in [0.2, 0.25) is 0 Å². The van der Waals surface area contributed by atoms with Gasteiger partial charge in [-0.25, -0.2) is 0 Å². The molecule has 1 aliphatic carbocycles. The van der Waals surface area contributed by atoms with Crippen LogP contribution in [-0.2, 0) is 0 Å². The minimum Gasteiger partial charge on any atom is -0.110 e. The van der Waals surface area contributed by atoms with Crippen LogP contribution >= 0.6 is 18.5 Å². The van der Waals surface area contributed by atoms with Gasteiger partial charge in [0.05, 0.1) is 0 Å². The third-order valence-electron chi connectivity index (χ3n) is 2.85. The number of allylic oxidation sites excluding steroid dienone is 2. The number of rotatable bonds is 1. The van der Waals surface area contributed by atoms with Crippen LogP contribution in [0.25, 0.3) is 0 Å². The molecule has 1 aromatic carbocycles. The van der Waals surface area contributed by atoms with Crippen LogP contribution < -0.4 is 5.30 Å². The second-order valence-corrected chi connectivity index (χ2v) is 5.11. The summed E-state index contributed by atoms with van der Waals surface area (Å²) in [7, 11) is 5.73. The zero-order valence-corrected chi connectivity index (χ0v) is 10.5. The van der Waals surface area contributed by atoms with Crippen molar-refractivity contribution in [1.29, 1.82) is 0 Å². The molecule has 74 valence electrons. The predicted molar refractivity (Wildman–Crippen MR) is 70.2 cm³/mol. The fourth-order valence-electron chi connectivity index (χ4n) is 2.06. The lowest BCUT2D eigenvalue weighted by Gasteiger charge is -2.23. The van der Waals surface area contributed by atoms with Gasteiger partial charge >= 0.3 is 0 Å². The first-order valence-electron chi connectivity index (χ1n) is 5.09. The highest BCUT2D eigenvalue weighted by molar-refractivity contribution is 7.27. The molecule has 0 radical (unpaired) electrons. The maximum atomic E-state index is 2.89. The monoisotopic (exact) mass is 222 g/mol. The fraction of sp³-hybridized carbons (Fsp3) is 0.333. The van der Waals surface area contributed by atoms with Crippen molar-refractivity contribution < 1.29 is 0 Å². The van der Waals surface area contributed by atoms with E-state index in [9.17, 15) is 0 Å². The molecule has 0 bridgehead atoms. The van der Waals surface area contributed by atoms with Crippen LogP contribution in [0.15, 0.2) is 35.7 Å². The van der Waals surface area contributed by atoms with Crippen molar-refractivity contribution in [2.24, 2.45) is 0 Å². The van der Waals surface area contributed by atoms with E-state index >= 15 is 0 Å². The van der Waals surface area contributed by atoms with Crippen molar-refractivity contribution in [3.8, 4) is 0 Å². The third kappa shape index (κ3) is 2.08. The van der Waals surface area contributed by atoms with Gasteiger partial charge in [0.2, 0.25) is 0 Å². The van der Waals surface area contributed by atoms with Gasteiger partial charge in [-0.15, -0.1) is 18.5 Å². The van der Waals surface area contributed by atoms with Crippen molar-refractivity contribution >= 4 is 23.8 Å². The Balaban J connectivity index is 2.35. The molecule has 2 heteroatoms. The molecule has 3 atom stereocenters. The summed E-state index contributed by atoms with van der Waals surface area (Å²) in [5, 5.41) is 2.80. The zero-order valence-electron chi connectivity index (χ0n) is 8.24. The Morgan fingerprint density at radius 2 is 1.93 bits per heavy atom. The molecule has 1 aromatic rings. The highest BCUT2D eigenvalue weighted by Gasteiger charge is 2.17. The van der Waals surface area contributed by atoms with E-state index in [0.29, 0.717) is 5.92 Å².